The van der Waals surface area contributed by atoms with Crippen LogP contribution in [0.5, 0.6) is 0 Å². The topological polar surface area (TPSA) is 102 Å². The van der Waals surface area contributed by atoms with E-state index in [2.05, 4.69) is 10.4 Å². The van der Waals surface area contributed by atoms with Gasteiger partial charge in [0.05, 0.1) is 5.60 Å². The summed E-state index contributed by atoms with van der Waals surface area (Å²) in [5.41, 5.74) is 4.46. The van der Waals surface area contributed by atoms with E-state index < -0.39 is 5.60 Å². The maximum absolute atomic E-state index is 11.6. The number of aliphatic hydroxyl groups is 1. The Morgan fingerprint density at radius 2 is 2.44 bits per heavy atom. The van der Waals surface area contributed by atoms with Gasteiger partial charge in [0.1, 0.15) is 12.4 Å². The second-order valence-electron chi connectivity index (χ2n) is 4.45. The van der Waals surface area contributed by atoms with Gasteiger partial charge in [-0.05, 0) is 13.0 Å². The number of carbonyl (C=O) groups excluding carboxylic acids is 1. The van der Waals surface area contributed by atoms with Gasteiger partial charge in [0, 0.05) is 32.9 Å². The van der Waals surface area contributed by atoms with Crippen LogP contribution in [0.1, 0.15) is 13.3 Å². The minimum atomic E-state index is -0.977. The fourth-order valence-electron chi connectivity index (χ4n) is 1.37. The molecule has 1 atom stereocenters. The normalized spacial score (nSPS) is 14.2. The summed E-state index contributed by atoms with van der Waals surface area (Å²) in [6.45, 7) is 2.35. The number of methoxy groups -OCH3 is 1. The number of hydrogen-bond donors (Lipinski definition) is 3. The van der Waals surface area contributed by atoms with Crippen molar-refractivity contribution in [3.63, 3.8) is 0 Å². The summed E-state index contributed by atoms with van der Waals surface area (Å²) in [4.78, 5) is 11.6. The number of rotatable bonds is 7. The number of anilines is 1. The van der Waals surface area contributed by atoms with Crippen LogP contribution in [0.2, 0.25) is 0 Å². The molecule has 0 saturated heterocycles. The monoisotopic (exact) mass is 256 g/mol. The molecule has 0 fully saturated rings. The number of nitrogens with two attached hydrogens (primary N) is 1. The van der Waals surface area contributed by atoms with Crippen molar-refractivity contribution in [3.8, 4) is 0 Å². The molecule has 0 bridgehead atoms. The third kappa shape index (κ3) is 5.15. The lowest BCUT2D eigenvalue weighted by atomic mass is 10.0. The number of hydrogen-bond acceptors (Lipinski definition) is 5. The molecule has 1 amide bonds. The molecule has 102 valence electrons. The smallest absolute Gasteiger partial charge is 0.241 e. The molecule has 0 aliphatic carbocycles. The fraction of sp³-hybridized carbons (Fsp3) is 0.636. The molecule has 4 N–H and O–H groups in total. The van der Waals surface area contributed by atoms with Crippen LogP contribution in [0.4, 0.5) is 5.82 Å². The van der Waals surface area contributed by atoms with Crippen molar-refractivity contribution < 1.29 is 14.6 Å². The highest BCUT2D eigenvalue weighted by Gasteiger charge is 2.20. The van der Waals surface area contributed by atoms with E-state index in [-0.39, 0.29) is 19.0 Å². The first-order valence-corrected chi connectivity index (χ1v) is 5.70. The van der Waals surface area contributed by atoms with Crippen molar-refractivity contribution in [1.82, 2.24) is 15.1 Å². The molecule has 7 heteroatoms. The molecule has 0 radical (unpaired) electrons. The maximum atomic E-state index is 11.6. The lowest BCUT2D eigenvalue weighted by Crippen LogP contribution is -2.42. The summed E-state index contributed by atoms with van der Waals surface area (Å²) in [5.74, 6) is 0.144. The lowest BCUT2D eigenvalue weighted by Gasteiger charge is -2.23. The summed E-state index contributed by atoms with van der Waals surface area (Å²) in [5, 5.41) is 16.5. The minimum Gasteiger partial charge on any atom is -0.388 e. The minimum absolute atomic E-state index is 0.0809. The first-order valence-electron chi connectivity index (χ1n) is 5.70. The molecule has 0 spiro atoms. The number of carbonyl (C=O) groups is 1. The highest BCUT2D eigenvalue weighted by atomic mass is 16.5. The summed E-state index contributed by atoms with van der Waals surface area (Å²) >= 11 is 0. The Balaban J connectivity index is 2.32. The SMILES string of the molecule is COCCC(C)(O)CNC(=O)Cn1ccc(N)n1. The van der Waals surface area contributed by atoms with Crippen molar-refractivity contribution in [2.45, 2.75) is 25.5 Å². The van der Waals surface area contributed by atoms with E-state index in [1.807, 2.05) is 0 Å². The van der Waals surface area contributed by atoms with Crippen LogP contribution in [0.15, 0.2) is 12.3 Å². The number of nitrogens with one attached hydrogen (secondary N) is 1. The third-order valence-corrected chi connectivity index (χ3v) is 2.48. The molecule has 0 aliphatic heterocycles. The molecule has 7 nitrogen and oxygen atoms in total. The first-order chi connectivity index (χ1) is 8.43. The van der Waals surface area contributed by atoms with Crippen LogP contribution in [0.25, 0.3) is 0 Å². The highest BCUT2D eigenvalue weighted by molar-refractivity contribution is 5.75. The Kier molecular flexibility index (Phi) is 5.11. The largest absolute Gasteiger partial charge is 0.388 e. The molecule has 0 saturated carbocycles. The highest BCUT2D eigenvalue weighted by Crippen LogP contribution is 2.07. The van der Waals surface area contributed by atoms with Gasteiger partial charge in [-0.3, -0.25) is 9.48 Å². The summed E-state index contributed by atoms with van der Waals surface area (Å²) < 4.78 is 6.32. The van der Waals surface area contributed by atoms with Crippen molar-refractivity contribution >= 4 is 11.7 Å². The van der Waals surface area contributed by atoms with Gasteiger partial charge < -0.3 is 20.9 Å². The van der Waals surface area contributed by atoms with E-state index in [4.69, 9.17) is 10.5 Å². The fourth-order valence-corrected chi connectivity index (χ4v) is 1.37. The molecule has 18 heavy (non-hydrogen) atoms. The summed E-state index contributed by atoms with van der Waals surface area (Å²) in [7, 11) is 1.57. The summed E-state index contributed by atoms with van der Waals surface area (Å²) in [6.07, 6.45) is 2.08. The van der Waals surface area contributed by atoms with Crippen LogP contribution in [-0.4, -0.2) is 46.7 Å². The zero-order valence-corrected chi connectivity index (χ0v) is 10.7. The molecule has 1 rings (SSSR count). The van der Waals surface area contributed by atoms with E-state index in [9.17, 15) is 9.90 Å². The Morgan fingerprint density at radius 3 is 3.00 bits per heavy atom. The molecule has 1 aromatic rings. The quantitative estimate of drug-likeness (QED) is 0.602. The van der Waals surface area contributed by atoms with Gasteiger partial charge >= 0.3 is 0 Å². The van der Waals surface area contributed by atoms with Crippen molar-refractivity contribution in [2.75, 3.05) is 26.0 Å². The van der Waals surface area contributed by atoms with Crippen LogP contribution in [-0.2, 0) is 16.1 Å². The molecular weight excluding hydrogens is 236 g/mol. The van der Waals surface area contributed by atoms with E-state index in [0.717, 1.165) is 0 Å². The molecule has 1 unspecified atom stereocenters. The molecule has 1 heterocycles. The lowest BCUT2D eigenvalue weighted by molar-refractivity contribution is -0.123. The number of amides is 1. The number of ether oxygens (including phenoxy) is 1. The van der Waals surface area contributed by atoms with Crippen LogP contribution in [0, 0.1) is 0 Å². The van der Waals surface area contributed by atoms with Gasteiger partial charge in [-0.2, -0.15) is 5.10 Å². The van der Waals surface area contributed by atoms with Crippen LogP contribution < -0.4 is 11.1 Å². The van der Waals surface area contributed by atoms with Gasteiger partial charge in [0.15, 0.2) is 0 Å². The van der Waals surface area contributed by atoms with E-state index in [1.54, 1.807) is 26.3 Å². The third-order valence-electron chi connectivity index (χ3n) is 2.48. The Morgan fingerprint density at radius 1 is 1.72 bits per heavy atom. The predicted octanol–water partition coefficient (Wildman–Crippen LogP) is -0.631. The van der Waals surface area contributed by atoms with Gasteiger partial charge in [-0.25, -0.2) is 0 Å². The zero-order chi connectivity index (χ0) is 13.6. The van der Waals surface area contributed by atoms with Crippen molar-refractivity contribution in [3.05, 3.63) is 12.3 Å². The Hall–Kier alpha value is -1.60. The average molecular weight is 256 g/mol. The van der Waals surface area contributed by atoms with Crippen molar-refractivity contribution in [2.24, 2.45) is 0 Å². The first kappa shape index (κ1) is 14.5. The molecular formula is C11H20N4O3. The second kappa shape index (κ2) is 6.36. The van der Waals surface area contributed by atoms with E-state index in [0.29, 0.717) is 18.8 Å². The number of aromatic nitrogens is 2. The van der Waals surface area contributed by atoms with Crippen LogP contribution >= 0.6 is 0 Å². The number of nitrogen functional groups attached to an aromatic ring is 1. The standard InChI is InChI=1S/C11H20N4O3/c1-11(17,4-6-18-2)8-13-10(16)7-15-5-3-9(12)14-15/h3,5,17H,4,6-8H2,1-2H3,(H2,12,14)(H,13,16). The van der Waals surface area contributed by atoms with E-state index in [1.165, 1.54) is 4.68 Å². The zero-order valence-electron chi connectivity index (χ0n) is 10.7. The Bertz CT molecular complexity index is 389. The van der Waals surface area contributed by atoms with Gasteiger partial charge in [-0.15, -0.1) is 0 Å². The molecule has 0 aromatic carbocycles. The summed E-state index contributed by atoms with van der Waals surface area (Å²) in [6, 6.07) is 1.61. The van der Waals surface area contributed by atoms with Crippen LogP contribution in [0.3, 0.4) is 0 Å². The molecule has 0 aliphatic rings. The van der Waals surface area contributed by atoms with Gasteiger partial charge in [0.25, 0.3) is 0 Å². The van der Waals surface area contributed by atoms with E-state index >= 15 is 0 Å². The number of nitrogens with zero attached hydrogens (tertiary/aromatic N) is 2. The van der Waals surface area contributed by atoms with Gasteiger partial charge in [0.2, 0.25) is 5.91 Å². The second-order valence-corrected chi connectivity index (χ2v) is 4.45. The Labute approximate surface area is 106 Å². The van der Waals surface area contributed by atoms with Crippen molar-refractivity contribution in [1.29, 1.82) is 0 Å². The maximum Gasteiger partial charge on any atom is 0.241 e. The molecule has 1 aromatic heterocycles. The average Bonchev–Trinajstić information content (AvgIpc) is 2.70. The predicted molar refractivity (Wildman–Crippen MR) is 66.8 cm³/mol. The van der Waals surface area contributed by atoms with Gasteiger partial charge in [-0.1, -0.05) is 0 Å².